The zero-order chi connectivity index (χ0) is 23.8. The minimum Gasteiger partial charge on any atom is -0.394 e. The van der Waals surface area contributed by atoms with Crippen molar-refractivity contribution >= 4 is 34.7 Å². The van der Waals surface area contributed by atoms with Crippen LogP contribution in [0.15, 0.2) is 29.1 Å². The van der Waals surface area contributed by atoms with Crippen LogP contribution in [0.3, 0.4) is 0 Å². The minimum absolute atomic E-state index is 0.138. The van der Waals surface area contributed by atoms with Gasteiger partial charge < -0.3 is 20.6 Å². The van der Waals surface area contributed by atoms with E-state index < -0.39 is 11.9 Å². The van der Waals surface area contributed by atoms with Crippen LogP contribution in [0.25, 0.3) is 11.8 Å². The molecule has 0 bridgehead atoms. The number of hydrogen-bond donors (Lipinski definition) is 3. The number of anilines is 1. The second-order valence-electron chi connectivity index (χ2n) is 8.15. The molecule has 1 aliphatic heterocycles. The van der Waals surface area contributed by atoms with Crippen LogP contribution in [0.1, 0.15) is 32.3 Å². The smallest absolute Gasteiger partial charge is 0.270 e. The Labute approximate surface area is 197 Å². The highest BCUT2D eigenvalue weighted by molar-refractivity contribution is 7.07. The molecule has 0 saturated carbocycles. The fraction of sp³-hybridized carbons (Fsp3) is 0.458. The maximum absolute atomic E-state index is 12.8. The van der Waals surface area contributed by atoms with Crippen LogP contribution in [-0.2, 0) is 17.8 Å². The fourth-order valence-electron chi connectivity index (χ4n) is 3.74. The molecule has 2 heterocycles. The van der Waals surface area contributed by atoms with Gasteiger partial charge in [-0.1, -0.05) is 12.1 Å². The van der Waals surface area contributed by atoms with E-state index in [1.165, 1.54) is 36.1 Å². The molecule has 1 fully saturated rings. The molecule has 1 atom stereocenters. The number of nitriles is 1. The standard InChI is InChI=1S/C24H31N5O3S/c1-3-29-23(32)21(33-24(29)20(14-25)22(31)27-17(2)16-30)15-26-19-8-6-18(7-9-19)10-13-28-11-4-5-12-28/h6-9,15,17,26,30H,3-5,10-13,16H2,1-2H3,(H,27,31)/t17-/m0/s1. The van der Waals surface area contributed by atoms with Crippen LogP contribution < -0.4 is 25.4 Å². The Morgan fingerprint density at radius 1 is 1.30 bits per heavy atom. The van der Waals surface area contributed by atoms with E-state index in [0.717, 1.165) is 30.0 Å². The van der Waals surface area contributed by atoms with Crippen LogP contribution in [0.5, 0.6) is 0 Å². The molecule has 9 heteroatoms. The molecule has 1 aromatic carbocycles. The molecule has 33 heavy (non-hydrogen) atoms. The molecule has 2 aromatic rings. The Hall–Kier alpha value is -2.93. The average molecular weight is 470 g/mol. The minimum atomic E-state index is -0.605. The number of nitrogens with one attached hydrogen (secondary N) is 2. The number of carbonyl (C=O) groups excluding carboxylic acids is 1. The monoisotopic (exact) mass is 469 g/mol. The van der Waals surface area contributed by atoms with Gasteiger partial charge in [0.05, 0.1) is 6.61 Å². The van der Waals surface area contributed by atoms with Crippen molar-refractivity contribution in [2.24, 2.45) is 0 Å². The van der Waals surface area contributed by atoms with E-state index >= 15 is 0 Å². The third kappa shape index (κ3) is 6.32. The summed E-state index contributed by atoms with van der Waals surface area (Å²) in [5, 5.41) is 24.4. The van der Waals surface area contributed by atoms with E-state index in [9.17, 15) is 14.9 Å². The predicted molar refractivity (Wildman–Crippen MR) is 131 cm³/mol. The number of aromatic nitrogens is 1. The number of rotatable bonds is 9. The summed E-state index contributed by atoms with van der Waals surface area (Å²) < 4.78 is 2.13. The maximum atomic E-state index is 12.8. The second kappa shape index (κ2) is 11.8. The molecular formula is C24H31N5O3S. The van der Waals surface area contributed by atoms with Gasteiger partial charge in [-0.2, -0.15) is 5.26 Å². The first-order chi connectivity index (χ1) is 16.0. The number of benzene rings is 1. The van der Waals surface area contributed by atoms with E-state index in [4.69, 9.17) is 5.11 Å². The number of aliphatic hydroxyl groups excluding tert-OH is 1. The molecule has 1 saturated heterocycles. The molecule has 1 aromatic heterocycles. The molecule has 1 amide bonds. The van der Waals surface area contributed by atoms with E-state index in [0.29, 0.717) is 15.7 Å². The van der Waals surface area contributed by atoms with Gasteiger partial charge in [-0.15, -0.1) is 11.3 Å². The van der Waals surface area contributed by atoms with Crippen molar-refractivity contribution in [3.63, 3.8) is 0 Å². The lowest BCUT2D eigenvalue weighted by molar-refractivity contribution is -0.116. The second-order valence-corrected chi connectivity index (χ2v) is 9.18. The Kier molecular flexibility index (Phi) is 8.83. The number of carbonyl (C=O) groups is 1. The van der Waals surface area contributed by atoms with Crippen molar-refractivity contribution < 1.29 is 9.90 Å². The van der Waals surface area contributed by atoms with Crippen LogP contribution in [0.4, 0.5) is 5.69 Å². The van der Waals surface area contributed by atoms with E-state index in [1.54, 1.807) is 20.0 Å². The third-order valence-electron chi connectivity index (χ3n) is 5.67. The molecule has 3 N–H and O–H groups in total. The van der Waals surface area contributed by atoms with Crippen molar-refractivity contribution in [1.29, 1.82) is 5.26 Å². The van der Waals surface area contributed by atoms with Crippen LogP contribution >= 0.6 is 11.3 Å². The zero-order valence-corrected chi connectivity index (χ0v) is 20.0. The molecule has 176 valence electrons. The predicted octanol–water partition coefficient (Wildman–Crippen LogP) is 0.589. The Balaban J connectivity index is 1.80. The summed E-state index contributed by atoms with van der Waals surface area (Å²) in [5.74, 6) is -0.605. The summed E-state index contributed by atoms with van der Waals surface area (Å²) in [6.07, 6.45) is 5.22. The summed E-state index contributed by atoms with van der Waals surface area (Å²) >= 11 is 1.10. The Morgan fingerprint density at radius 3 is 2.61 bits per heavy atom. The fourth-order valence-corrected chi connectivity index (χ4v) is 4.83. The zero-order valence-electron chi connectivity index (χ0n) is 19.1. The highest BCUT2D eigenvalue weighted by atomic mass is 32.1. The Morgan fingerprint density at radius 2 is 2.00 bits per heavy atom. The highest BCUT2D eigenvalue weighted by Crippen LogP contribution is 2.12. The van der Waals surface area contributed by atoms with Gasteiger partial charge in [0.1, 0.15) is 15.3 Å². The first kappa shape index (κ1) is 24.7. The van der Waals surface area contributed by atoms with Gasteiger partial charge in [-0.25, -0.2) is 0 Å². The van der Waals surface area contributed by atoms with Gasteiger partial charge in [0.2, 0.25) is 0 Å². The molecular weight excluding hydrogens is 438 g/mol. The largest absolute Gasteiger partial charge is 0.394 e. The van der Waals surface area contributed by atoms with E-state index in [1.807, 2.05) is 18.2 Å². The van der Waals surface area contributed by atoms with Crippen LogP contribution in [0.2, 0.25) is 0 Å². The first-order valence-corrected chi connectivity index (χ1v) is 12.1. The highest BCUT2D eigenvalue weighted by Gasteiger charge is 2.17. The number of hydrogen-bond acceptors (Lipinski definition) is 7. The van der Waals surface area contributed by atoms with Gasteiger partial charge in [0.25, 0.3) is 11.5 Å². The van der Waals surface area contributed by atoms with Crippen molar-refractivity contribution in [3.05, 3.63) is 49.4 Å². The number of aliphatic hydroxyl groups is 1. The molecule has 0 radical (unpaired) electrons. The summed E-state index contributed by atoms with van der Waals surface area (Å²) in [7, 11) is 0. The summed E-state index contributed by atoms with van der Waals surface area (Å²) in [6.45, 7) is 6.98. The van der Waals surface area contributed by atoms with Crippen molar-refractivity contribution in [3.8, 4) is 6.07 Å². The van der Waals surface area contributed by atoms with Crippen molar-refractivity contribution in [1.82, 2.24) is 14.8 Å². The van der Waals surface area contributed by atoms with E-state index in [2.05, 4.69) is 27.7 Å². The van der Waals surface area contributed by atoms with Gasteiger partial charge >= 0.3 is 0 Å². The lowest BCUT2D eigenvalue weighted by atomic mass is 10.1. The van der Waals surface area contributed by atoms with Crippen LogP contribution in [-0.4, -0.2) is 52.8 Å². The average Bonchev–Trinajstić information content (AvgIpc) is 3.45. The van der Waals surface area contributed by atoms with Crippen LogP contribution in [0, 0.1) is 11.3 Å². The molecule has 3 rings (SSSR count). The van der Waals surface area contributed by atoms with Gasteiger partial charge in [0.15, 0.2) is 5.57 Å². The van der Waals surface area contributed by atoms with Gasteiger partial charge in [-0.3, -0.25) is 14.2 Å². The summed E-state index contributed by atoms with van der Waals surface area (Å²) in [5.41, 5.74) is 1.73. The molecule has 8 nitrogen and oxygen atoms in total. The number of nitrogens with zero attached hydrogens (tertiary/aromatic N) is 3. The lowest BCUT2D eigenvalue weighted by Crippen LogP contribution is -2.38. The third-order valence-corrected chi connectivity index (χ3v) is 6.80. The topological polar surface area (TPSA) is 110 Å². The van der Waals surface area contributed by atoms with Crippen molar-refractivity contribution in [2.45, 2.75) is 45.7 Å². The molecule has 0 aliphatic carbocycles. The molecule has 0 unspecified atom stereocenters. The first-order valence-electron chi connectivity index (χ1n) is 11.3. The normalized spacial score (nSPS) is 16.4. The summed E-state index contributed by atoms with van der Waals surface area (Å²) in [4.78, 5) is 27.8. The summed E-state index contributed by atoms with van der Waals surface area (Å²) in [6, 6.07) is 9.57. The number of thiazole rings is 1. The number of amides is 1. The number of likely N-dealkylation sites (tertiary alicyclic amines) is 1. The molecule has 1 aliphatic rings. The maximum Gasteiger partial charge on any atom is 0.270 e. The van der Waals surface area contributed by atoms with E-state index in [-0.39, 0.29) is 17.7 Å². The quantitative estimate of drug-likeness (QED) is 0.496. The SMILES string of the molecule is CCn1c(=C(C#N)C(=O)N[C@@H](C)CO)sc(=CNc2ccc(CCN3CCCC3)cc2)c1=O. The van der Waals surface area contributed by atoms with Gasteiger partial charge in [0, 0.05) is 31.0 Å². The van der Waals surface area contributed by atoms with Crippen molar-refractivity contribution in [2.75, 3.05) is 31.6 Å². The molecule has 0 spiro atoms. The van der Waals surface area contributed by atoms with Gasteiger partial charge in [-0.05, 0) is 63.9 Å². The lowest BCUT2D eigenvalue weighted by Gasteiger charge is -2.14. The Bertz CT molecular complexity index is 1170.